The van der Waals surface area contributed by atoms with Crippen LogP contribution >= 0.6 is 0 Å². The van der Waals surface area contributed by atoms with Crippen LogP contribution in [0.1, 0.15) is 12.8 Å². The summed E-state index contributed by atoms with van der Waals surface area (Å²) in [6, 6.07) is 13.1. The van der Waals surface area contributed by atoms with Crippen LogP contribution in [0, 0.1) is 0 Å². The van der Waals surface area contributed by atoms with E-state index in [1.54, 1.807) is 12.1 Å². The van der Waals surface area contributed by atoms with Gasteiger partial charge >= 0.3 is 0 Å². The molecule has 17 heavy (non-hydrogen) atoms. The highest BCUT2D eigenvalue weighted by atomic mass is 32.2. The number of sulfonamides is 1. The van der Waals surface area contributed by atoms with Gasteiger partial charge in [-0.3, -0.25) is 0 Å². The molecule has 0 aromatic heterocycles. The second kappa shape index (κ2) is 3.82. The molecule has 0 saturated heterocycles. The minimum atomic E-state index is -3.34. The van der Waals surface area contributed by atoms with E-state index in [-0.39, 0.29) is 6.04 Å². The summed E-state index contributed by atoms with van der Waals surface area (Å²) in [6.07, 6.45) is 1.90. The molecule has 0 spiro atoms. The van der Waals surface area contributed by atoms with E-state index >= 15 is 0 Å². The molecule has 3 rings (SSSR count). The molecule has 1 saturated carbocycles. The van der Waals surface area contributed by atoms with Gasteiger partial charge in [0.05, 0.1) is 4.90 Å². The Morgan fingerprint density at radius 2 is 1.71 bits per heavy atom. The Hall–Kier alpha value is -1.39. The van der Waals surface area contributed by atoms with Crippen LogP contribution in [0.15, 0.2) is 47.4 Å². The van der Waals surface area contributed by atoms with Crippen LogP contribution < -0.4 is 4.72 Å². The van der Waals surface area contributed by atoms with Crippen LogP contribution in [0.4, 0.5) is 0 Å². The number of hydrogen-bond acceptors (Lipinski definition) is 2. The van der Waals surface area contributed by atoms with Crippen molar-refractivity contribution in [2.75, 3.05) is 0 Å². The van der Waals surface area contributed by atoms with Gasteiger partial charge in [-0.15, -0.1) is 0 Å². The maximum atomic E-state index is 12.0. The Balaban J connectivity index is 2.04. The second-order valence-corrected chi connectivity index (χ2v) is 6.12. The van der Waals surface area contributed by atoms with Crippen LogP contribution in [-0.2, 0) is 10.0 Å². The normalized spacial score (nSPS) is 16.2. The fraction of sp³-hybridized carbons (Fsp3) is 0.231. The summed E-state index contributed by atoms with van der Waals surface area (Å²) in [5, 5.41) is 2.00. The predicted octanol–water partition coefficient (Wildman–Crippen LogP) is 2.28. The topological polar surface area (TPSA) is 46.2 Å². The average molecular weight is 247 g/mol. The van der Waals surface area contributed by atoms with Crippen LogP contribution in [0.5, 0.6) is 0 Å². The highest BCUT2D eigenvalue weighted by molar-refractivity contribution is 7.89. The number of hydrogen-bond donors (Lipinski definition) is 1. The van der Waals surface area contributed by atoms with Gasteiger partial charge in [0.2, 0.25) is 10.0 Å². The highest BCUT2D eigenvalue weighted by Crippen LogP contribution is 2.24. The van der Waals surface area contributed by atoms with Gasteiger partial charge in [-0.2, -0.15) is 0 Å². The molecular formula is C13H13NO2S. The number of rotatable bonds is 3. The molecule has 2 aromatic carbocycles. The lowest BCUT2D eigenvalue weighted by molar-refractivity contribution is 0.581. The number of benzene rings is 2. The van der Waals surface area contributed by atoms with E-state index < -0.39 is 10.0 Å². The van der Waals surface area contributed by atoms with Gasteiger partial charge in [-0.05, 0) is 35.7 Å². The zero-order valence-corrected chi connectivity index (χ0v) is 10.1. The van der Waals surface area contributed by atoms with Crippen molar-refractivity contribution in [3.8, 4) is 0 Å². The molecule has 88 valence electrons. The summed E-state index contributed by atoms with van der Waals surface area (Å²) in [5.74, 6) is 0. The van der Waals surface area contributed by atoms with E-state index in [9.17, 15) is 8.42 Å². The summed E-state index contributed by atoms with van der Waals surface area (Å²) in [6.45, 7) is 0. The van der Waals surface area contributed by atoms with Gasteiger partial charge < -0.3 is 0 Å². The molecule has 0 bridgehead atoms. The molecule has 1 N–H and O–H groups in total. The molecule has 0 radical (unpaired) electrons. The van der Waals surface area contributed by atoms with Crippen LogP contribution in [0.25, 0.3) is 10.8 Å². The Kier molecular flexibility index (Phi) is 2.42. The van der Waals surface area contributed by atoms with Crippen molar-refractivity contribution >= 4 is 20.8 Å². The van der Waals surface area contributed by atoms with Gasteiger partial charge in [0, 0.05) is 6.04 Å². The first kappa shape index (κ1) is 10.7. The molecule has 3 nitrogen and oxygen atoms in total. The largest absolute Gasteiger partial charge is 0.240 e. The number of fused-ring (bicyclic) bond motifs is 1. The first-order valence-corrected chi connectivity index (χ1v) is 7.15. The Labute approximate surface area is 101 Å². The maximum absolute atomic E-state index is 12.0. The van der Waals surface area contributed by atoms with E-state index in [4.69, 9.17) is 0 Å². The smallest absolute Gasteiger partial charge is 0.208 e. The van der Waals surface area contributed by atoms with Crippen molar-refractivity contribution in [2.24, 2.45) is 0 Å². The molecule has 0 heterocycles. The first-order chi connectivity index (χ1) is 8.15. The van der Waals surface area contributed by atoms with Gasteiger partial charge in [0.25, 0.3) is 0 Å². The van der Waals surface area contributed by atoms with Crippen molar-refractivity contribution in [1.82, 2.24) is 4.72 Å². The summed E-state index contributed by atoms with van der Waals surface area (Å²) < 4.78 is 26.7. The average Bonchev–Trinajstić information content (AvgIpc) is 3.11. The van der Waals surface area contributed by atoms with E-state index in [0.29, 0.717) is 4.90 Å². The van der Waals surface area contributed by atoms with Crippen LogP contribution in [0.2, 0.25) is 0 Å². The van der Waals surface area contributed by atoms with Crippen molar-refractivity contribution in [3.05, 3.63) is 42.5 Å². The third-order valence-corrected chi connectivity index (χ3v) is 4.45. The van der Waals surface area contributed by atoms with Crippen molar-refractivity contribution < 1.29 is 8.42 Å². The standard InChI is InChI=1S/C13H13NO2S/c15-17(16,14-12-6-7-12)13-8-5-10-3-1-2-4-11(10)9-13/h1-5,8-9,12,14H,6-7H2. The Morgan fingerprint density at radius 1 is 1.00 bits per heavy atom. The van der Waals surface area contributed by atoms with Crippen LogP contribution in [0.3, 0.4) is 0 Å². The fourth-order valence-electron chi connectivity index (χ4n) is 1.82. The van der Waals surface area contributed by atoms with Gasteiger partial charge in [-0.25, -0.2) is 13.1 Å². The molecular weight excluding hydrogens is 234 g/mol. The van der Waals surface area contributed by atoms with Crippen molar-refractivity contribution in [1.29, 1.82) is 0 Å². The van der Waals surface area contributed by atoms with Crippen molar-refractivity contribution in [2.45, 2.75) is 23.8 Å². The predicted molar refractivity (Wildman–Crippen MR) is 67.3 cm³/mol. The fourth-order valence-corrected chi connectivity index (χ4v) is 3.16. The Morgan fingerprint density at radius 3 is 2.41 bits per heavy atom. The minimum Gasteiger partial charge on any atom is -0.208 e. The van der Waals surface area contributed by atoms with E-state index in [1.807, 2.05) is 30.3 Å². The zero-order chi connectivity index (χ0) is 11.9. The lowest BCUT2D eigenvalue weighted by atomic mass is 10.1. The SMILES string of the molecule is O=S(=O)(NC1CC1)c1ccc2ccccc2c1. The minimum absolute atomic E-state index is 0.145. The molecule has 4 heteroatoms. The molecule has 0 atom stereocenters. The zero-order valence-electron chi connectivity index (χ0n) is 9.26. The molecule has 0 amide bonds. The van der Waals surface area contributed by atoms with Gasteiger partial charge in [0.1, 0.15) is 0 Å². The summed E-state index contributed by atoms with van der Waals surface area (Å²) in [7, 11) is -3.34. The maximum Gasteiger partial charge on any atom is 0.240 e. The molecule has 1 fully saturated rings. The third kappa shape index (κ3) is 2.18. The van der Waals surface area contributed by atoms with E-state index in [1.165, 1.54) is 0 Å². The quantitative estimate of drug-likeness (QED) is 0.904. The highest BCUT2D eigenvalue weighted by Gasteiger charge is 2.27. The molecule has 0 unspecified atom stereocenters. The lowest BCUT2D eigenvalue weighted by Crippen LogP contribution is -2.25. The van der Waals surface area contributed by atoms with Crippen LogP contribution in [-0.4, -0.2) is 14.5 Å². The summed E-state index contributed by atoms with van der Waals surface area (Å²) >= 11 is 0. The van der Waals surface area contributed by atoms with Gasteiger partial charge in [-0.1, -0.05) is 30.3 Å². The van der Waals surface area contributed by atoms with E-state index in [2.05, 4.69) is 4.72 Å². The molecule has 2 aromatic rings. The monoisotopic (exact) mass is 247 g/mol. The Bertz CT molecular complexity index is 660. The third-order valence-electron chi connectivity index (χ3n) is 2.93. The molecule has 1 aliphatic rings. The second-order valence-electron chi connectivity index (χ2n) is 4.40. The molecule has 0 aliphatic heterocycles. The summed E-state index contributed by atoms with van der Waals surface area (Å²) in [4.78, 5) is 0.350. The molecule has 1 aliphatic carbocycles. The van der Waals surface area contributed by atoms with Crippen molar-refractivity contribution in [3.63, 3.8) is 0 Å². The lowest BCUT2D eigenvalue weighted by Gasteiger charge is -2.06. The first-order valence-electron chi connectivity index (χ1n) is 5.66. The van der Waals surface area contributed by atoms with Gasteiger partial charge in [0.15, 0.2) is 0 Å². The van der Waals surface area contributed by atoms with E-state index in [0.717, 1.165) is 23.6 Å². The summed E-state index contributed by atoms with van der Waals surface area (Å²) in [5.41, 5.74) is 0. The number of nitrogens with one attached hydrogen (secondary N) is 1.